The zero-order valence-electron chi connectivity index (χ0n) is 9.74. The SMILES string of the molecule is COC1CC(NC(=O)C(C)=C(C)C(=O)O)C1. The fourth-order valence-corrected chi connectivity index (χ4v) is 1.50. The number of carboxylic acid groups (broad SMARTS) is 1. The van der Waals surface area contributed by atoms with Gasteiger partial charge >= 0.3 is 5.97 Å². The minimum Gasteiger partial charge on any atom is -0.478 e. The molecule has 0 bridgehead atoms. The minimum atomic E-state index is -1.06. The van der Waals surface area contributed by atoms with Crippen molar-refractivity contribution in [2.24, 2.45) is 0 Å². The predicted molar refractivity (Wildman–Crippen MR) is 58.0 cm³/mol. The van der Waals surface area contributed by atoms with E-state index in [1.165, 1.54) is 13.8 Å². The van der Waals surface area contributed by atoms with E-state index in [0.717, 1.165) is 12.8 Å². The predicted octanol–water partition coefficient (Wildman–Crippen LogP) is 0.701. The molecule has 0 aromatic rings. The number of nitrogens with one attached hydrogen (secondary N) is 1. The molecule has 1 saturated carbocycles. The Morgan fingerprint density at radius 2 is 1.81 bits per heavy atom. The second-order valence-electron chi connectivity index (χ2n) is 4.05. The zero-order chi connectivity index (χ0) is 12.3. The number of carboxylic acids is 1. The van der Waals surface area contributed by atoms with E-state index in [2.05, 4.69) is 5.32 Å². The quantitative estimate of drug-likeness (QED) is 0.693. The molecule has 0 atom stereocenters. The maximum Gasteiger partial charge on any atom is 0.331 e. The molecule has 0 spiro atoms. The third-order valence-electron chi connectivity index (χ3n) is 2.99. The summed E-state index contributed by atoms with van der Waals surface area (Å²) in [5, 5.41) is 11.5. The molecule has 1 amide bonds. The molecule has 0 radical (unpaired) electrons. The standard InChI is InChI=1S/C11H17NO4/c1-6(7(2)11(14)15)10(13)12-8-4-9(5-8)16-3/h8-9H,4-5H2,1-3H3,(H,12,13)(H,14,15). The fraction of sp³-hybridized carbons (Fsp3) is 0.636. The average Bonchev–Trinajstić information content (AvgIpc) is 2.19. The first-order chi connectivity index (χ1) is 7.45. The molecular formula is C11H17NO4. The summed E-state index contributed by atoms with van der Waals surface area (Å²) >= 11 is 0. The molecule has 16 heavy (non-hydrogen) atoms. The van der Waals surface area contributed by atoms with E-state index in [0.29, 0.717) is 0 Å². The van der Waals surface area contributed by atoms with Crippen LogP contribution >= 0.6 is 0 Å². The molecule has 0 aromatic carbocycles. The summed E-state index contributed by atoms with van der Waals surface area (Å²) in [4.78, 5) is 22.3. The lowest BCUT2D eigenvalue weighted by Gasteiger charge is -2.34. The van der Waals surface area contributed by atoms with Crippen LogP contribution in [0.2, 0.25) is 0 Å². The Morgan fingerprint density at radius 1 is 1.25 bits per heavy atom. The molecule has 0 aliphatic heterocycles. The van der Waals surface area contributed by atoms with Gasteiger partial charge in [-0.1, -0.05) is 0 Å². The highest BCUT2D eigenvalue weighted by molar-refractivity contribution is 6.01. The first-order valence-corrected chi connectivity index (χ1v) is 5.20. The van der Waals surface area contributed by atoms with Crippen LogP contribution in [0.15, 0.2) is 11.1 Å². The van der Waals surface area contributed by atoms with E-state index in [1.54, 1.807) is 7.11 Å². The number of methoxy groups -OCH3 is 1. The number of hydrogen-bond acceptors (Lipinski definition) is 3. The van der Waals surface area contributed by atoms with Crippen molar-refractivity contribution in [3.63, 3.8) is 0 Å². The van der Waals surface area contributed by atoms with Crippen molar-refractivity contribution < 1.29 is 19.4 Å². The summed E-state index contributed by atoms with van der Waals surface area (Å²) < 4.78 is 5.09. The Balaban J connectivity index is 2.48. The number of hydrogen-bond donors (Lipinski definition) is 2. The molecular weight excluding hydrogens is 210 g/mol. The summed E-state index contributed by atoms with van der Waals surface area (Å²) in [5.74, 6) is -1.37. The number of ether oxygens (including phenoxy) is 1. The topological polar surface area (TPSA) is 75.6 Å². The van der Waals surface area contributed by atoms with Crippen molar-refractivity contribution in [2.45, 2.75) is 38.8 Å². The van der Waals surface area contributed by atoms with Gasteiger partial charge < -0.3 is 15.2 Å². The van der Waals surface area contributed by atoms with Gasteiger partial charge in [-0.05, 0) is 26.7 Å². The Morgan fingerprint density at radius 3 is 2.25 bits per heavy atom. The van der Waals surface area contributed by atoms with Gasteiger partial charge in [0.05, 0.1) is 6.10 Å². The molecule has 5 nitrogen and oxygen atoms in total. The molecule has 0 unspecified atom stereocenters. The van der Waals surface area contributed by atoms with E-state index in [-0.39, 0.29) is 29.2 Å². The van der Waals surface area contributed by atoms with Gasteiger partial charge in [0.1, 0.15) is 0 Å². The van der Waals surface area contributed by atoms with Gasteiger partial charge in [-0.25, -0.2) is 4.79 Å². The van der Waals surface area contributed by atoms with Crippen molar-refractivity contribution in [2.75, 3.05) is 7.11 Å². The van der Waals surface area contributed by atoms with Crippen LogP contribution in [0.5, 0.6) is 0 Å². The maximum atomic E-state index is 11.6. The average molecular weight is 227 g/mol. The van der Waals surface area contributed by atoms with Gasteiger partial charge in [-0.15, -0.1) is 0 Å². The molecule has 1 aliphatic rings. The van der Waals surface area contributed by atoms with Gasteiger partial charge in [0.15, 0.2) is 0 Å². The molecule has 5 heteroatoms. The van der Waals surface area contributed by atoms with Crippen LogP contribution in [0, 0.1) is 0 Å². The van der Waals surface area contributed by atoms with Crippen molar-refractivity contribution in [1.29, 1.82) is 0 Å². The van der Waals surface area contributed by atoms with Gasteiger partial charge in [0.2, 0.25) is 5.91 Å². The fourth-order valence-electron chi connectivity index (χ4n) is 1.50. The van der Waals surface area contributed by atoms with E-state index in [9.17, 15) is 9.59 Å². The molecule has 2 N–H and O–H groups in total. The maximum absolute atomic E-state index is 11.6. The van der Waals surface area contributed by atoms with Crippen LogP contribution < -0.4 is 5.32 Å². The number of rotatable bonds is 4. The molecule has 1 rings (SSSR count). The van der Waals surface area contributed by atoms with Crippen molar-refractivity contribution in [1.82, 2.24) is 5.32 Å². The Hall–Kier alpha value is -1.36. The zero-order valence-corrected chi connectivity index (χ0v) is 9.74. The highest BCUT2D eigenvalue weighted by atomic mass is 16.5. The minimum absolute atomic E-state index is 0.0834. The number of carbonyl (C=O) groups excluding carboxylic acids is 1. The van der Waals surface area contributed by atoms with Crippen LogP contribution in [0.3, 0.4) is 0 Å². The van der Waals surface area contributed by atoms with E-state index in [4.69, 9.17) is 9.84 Å². The summed E-state index contributed by atoms with van der Waals surface area (Å²) in [6, 6.07) is 0.106. The second kappa shape index (κ2) is 5.12. The van der Waals surface area contributed by atoms with Gasteiger partial charge in [-0.2, -0.15) is 0 Å². The largest absolute Gasteiger partial charge is 0.478 e. The number of carbonyl (C=O) groups is 2. The lowest BCUT2D eigenvalue weighted by Crippen LogP contribution is -2.47. The molecule has 0 saturated heterocycles. The Kier molecular flexibility index (Phi) is 4.06. The third-order valence-corrected chi connectivity index (χ3v) is 2.99. The van der Waals surface area contributed by atoms with Crippen LogP contribution in [0.25, 0.3) is 0 Å². The highest BCUT2D eigenvalue weighted by Crippen LogP contribution is 2.22. The Labute approximate surface area is 94.5 Å². The monoisotopic (exact) mass is 227 g/mol. The third kappa shape index (κ3) is 2.82. The first-order valence-electron chi connectivity index (χ1n) is 5.20. The Bertz CT molecular complexity index is 329. The van der Waals surface area contributed by atoms with Crippen molar-refractivity contribution in [3.05, 3.63) is 11.1 Å². The normalized spacial score (nSPS) is 25.4. The summed E-state index contributed by atoms with van der Waals surface area (Å²) in [6.07, 6.45) is 1.80. The van der Waals surface area contributed by atoms with Crippen molar-refractivity contribution >= 4 is 11.9 Å². The molecule has 1 aliphatic carbocycles. The molecule has 90 valence electrons. The van der Waals surface area contributed by atoms with E-state index >= 15 is 0 Å². The van der Waals surface area contributed by atoms with E-state index in [1.807, 2.05) is 0 Å². The van der Waals surface area contributed by atoms with Gasteiger partial charge in [-0.3, -0.25) is 4.79 Å². The smallest absolute Gasteiger partial charge is 0.331 e. The molecule has 1 fully saturated rings. The van der Waals surface area contributed by atoms with Crippen LogP contribution in [-0.2, 0) is 14.3 Å². The van der Waals surface area contributed by atoms with E-state index < -0.39 is 5.97 Å². The van der Waals surface area contributed by atoms with Crippen LogP contribution in [-0.4, -0.2) is 36.2 Å². The van der Waals surface area contributed by atoms with Gasteiger partial charge in [0, 0.05) is 24.3 Å². The highest BCUT2D eigenvalue weighted by Gasteiger charge is 2.30. The number of amides is 1. The van der Waals surface area contributed by atoms with Crippen molar-refractivity contribution in [3.8, 4) is 0 Å². The summed E-state index contributed by atoms with van der Waals surface area (Å²) in [6.45, 7) is 2.95. The summed E-state index contributed by atoms with van der Waals surface area (Å²) in [5.41, 5.74) is 0.341. The molecule has 0 heterocycles. The molecule has 0 aromatic heterocycles. The van der Waals surface area contributed by atoms with Crippen LogP contribution in [0.1, 0.15) is 26.7 Å². The lowest BCUT2D eigenvalue weighted by molar-refractivity contribution is -0.133. The summed E-state index contributed by atoms with van der Waals surface area (Å²) in [7, 11) is 1.64. The van der Waals surface area contributed by atoms with Gasteiger partial charge in [0.25, 0.3) is 0 Å². The first kappa shape index (κ1) is 12.7. The number of aliphatic carboxylic acids is 1. The van der Waals surface area contributed by atoms with Crippen LogP contribution in [0.4, 0.5) is 0 Å². The second-order valence-corrected chi connectivity index (χ2v) is 4.05. The lowest BCUT2D eigenvalue weighted by atomic mass is 9.89.